The first-order valence-corrected chi connectivity index (χ1v) is 5.24. The first kappa shape index (κ1) is 12.5. The smallest absolute Gasteiger partial charge is 0.256 e. The van der Waals surface area contributed by atoms with Crippen molar-refractivity contribution in [3.8, 4) is 6.07 Å². The molecule has 5 heteroatoms. The molecule has 0 saturated heterocycles. The number of benzene rings is 1. The van der Waals surface area contributed by atoms with Gasteiger partial charge in [-0.05, 0) is 5.56 Å². The highest BCUT2D eigenvalue weighted by Gasteiger charge is 2.32. The Labute approximate surface area is 99.0 Å². The Bertz CT molecular complexity index is 401. The second-order valence-electron chi connectivity index (χ2n) is 3.39. The fourth-order valence-corrected chi connectivity index (χ4v) is 1.26. The Morgan fingerprint density at radius 3 is 2.62 bits per heavy atom. The molecule has 1 aromatic carbocycles. The maximum absolute atomic E-state index is 11.6. The van der Waals surface area contributed by atoms with Gasteiger partial charge in [-0.3, -0.25) is 4.79 Å². The van der Waals surface area contributed by atoms with E-state index in [1.54, 1.807) is 6.07 Å². The summed E-state index contributed by atoms with van der Waals surface area (Å²) in [4.78, 5) is 11.6. The Morgan fingerprint density at radius 2 is 2.12 bits per heavy atom. The van der Waals surface area contributed by atoms with Gasteiger partial charge in [-0.1, -0.05) is 30.3 Å². The van der Waals surface area contributed by atoms with Gasteiger partial charge in [0.2, 0.25) is 0 Å². The van der Waals surface area contributed by atoms with Crippen molar-refractivity contribution < 1.29 is 4.79 Å². The van der Waals surface area contributed by atoms with E-state index in [1.807, 2.05) is 30.3 Å². The summed E-state index contributed by atoms with van der Waals surface area (Å²) in [6, 6.07) is 11.0. The average Bonchev–Trinajstić information content (AvgIpc) is 2.36. The molecule has 0 bridgehead atoms. The summed E-state index contributed by atoms with van der Waals surface area (Å²) < 4.78 is 0. The fraction of sp³-hybridized carbons (Fsp3) is 0.273. The van der Waals surface area contributed by atoms with Crippen LogP contribution in [0.3, 0.4) is 0 Å². The first-order valence-electron chi connectivity index (χ1n) is 4.71. The highest BCUT2D eigenvalue weighted by Crippen LogP contribution is 2.03. The quantitative estimate of drug-likeness (QED) is 0.759. The summed E-state index contributed by atoms with van der Waals surface area (Å²) >= 11 is 5.48. The monoisotopic (exact) mass is 237 g/mol. The number of nitrogens with zero attached hydrogens (tertiary/aromatic N) is 1. The number of hydrogen-bond acceptors (Lipinski definition) is 3. The molecular weight excluding hydrogens is 226 g/mol. The Hall–Kier alpha value is -1.57. The molecule has 1 amide bonds. The number of nitriles is 1. The van der Waals surface area contributed by atoms with E-state index in [0.717, 1.165) is 5.56 Å². The Balaban J connectivity index is 2.57. The van der Waals surface area contributed by atoms with Gasteiger partial charge in [0, 0.05) is 6.54 Å². The molecule has 84 valence electrons. The van der Waals surface area contributed by atoms with E-state index in [0.29, 0.717) is 6.54 Å². The maximum Gasteiger partial charge on any atom is 0.256 e. The van der Waals surface area contributed by atoms with E-state index in [2.05, 4.69) is 5.32 Å². The molecule has 0 fully saturated rings. The molecule has 1 atom stereocenters. The normalized spacial score (nSPS) is 13.6. The van der Waals surface area contributed by atoms with Crippen LogP contribution >= 0.6 is 11.6 Å². The van der Waals surface area contributed by atoms with Crippen LogP contribution in [-0.4, -0.2) is 17.3 Å². The van der Waals surface area contributed by atoms with E-state index in [-0.39, 0.29) is 5.88 Å². The summed E-state index contributed by atoms with van der Waals surface area (Å²) in [5.41, 5.74) is 4.78. The molecule has 1 unspecified atom stereocenters. The third-order valence-corrected chi connectivity index (χ3v) is 2.53. The Morgan fingerprint density at radius 1 is 1.50 bits per heavy atom. The maximum atomic E-state index is 11.6. The standard InChI is InChI=1S/C11H12ClN3O/c12-7-11(14,8-13)10(16)15-6-9-4-2-1-3-5-9/h1-5H,6-7,14H2,(H,15,16). The lowest BCUT2D eigenvalue weighted by atomic mass is 10.1. The molecule has 0 heterocycles. The summed E-state index contributed by atoms with van der Waals surface area (Å²) in [6.07, 6.45) is 0. The second kappa shape index (κ2) is 5.50. The van der Waals surface area contributed by atoms with Gasteiger partial charge >= 0.3 is 0 Å². The largest absolute Gasteiger partial charge is 0.349 e. The van der Waals surface area contributed by atoms with Gasteiger partial charge in [0.25, 0.3) is 5.91 Å². The third kappa shape index (κ3) is 2.96. The van der Waals surface area contributed by atoms with Crippen LogP contribution in [-0.2, 0) is 11.3 Å². The van der Waals surface area contributed by atoms with Crippen LogP contribution in [0.25, 0.3) is 0 Å². The number of nitrogens with one attached hydrogen (secondary N) is 1. The molecule has 0 saturated carbocycles. The van der Waals surface area contributed by atoms with Crippen molar-refractivity contribution in [1.82, 2.24) is 5.32 Å². The van der Waals surface area contributed by atoms with E-state index < -0.39 is 11.4 Å². The lowest BCUT2D eigenvalue weighted by Gasteiger charge is -2.17. The van der Waals surface area contributed by atoms with Gasteiger partial charge < -0.3 is 11.1 Å². The van der Waals surface area contributed by atoms with Crippen molar-refractivity contribution >= 4 is 17.5 Å². The van der Waals surface area contributed by atoms with Crippen molar-refractivity contribution in [1.29, 1.82) is 5.26 Å². The molecule has 16 heavy (non-hydrogen) atoms. The first-order chi connectivity index (χ1) is 7.62. The van der Waals surface area contributed by atoms with Crippen molar-refractivity contribution in [3.05, 3.63) is 35.9 Å². The number of carbonyl (C=O) groups excluding carboxylic acids is 1. The zero-order valence-electron chi connectivity index (χ0n) is 8.61. The van der Waals surface area contributed by atoms with Gasteiger partial charge in [0.15, 0.2) is 5.54 Å². The molecular formula is C11H12ClN3O. The molecule has 0 aliphatic heterocycles. The van der Waals surface area contributed by atoms with Gasteiger partial charge in [-0.2, -0.15) is 5.26 Å². The van der Waals surface area contributed by atoms with Crippen molar-refractivity contribution in [3.63, 3.8) is 0 Å². The van der Waals surface area contributed by atoms with Gasteiger partial charge in [-0.15, -0.1) is 11.6 Å². The lowest BCUT2D eigenvalue weighted by molar-refractivity contribution is -0.124. The molecule has 1 aromatic rings. The SMILES string of the molecule is N#CC(N)(CCl)C(=O)NCc1ccccc1. The summed E-state index contributed by atoms with van der Waals surface area (Å²) in [7, 11) is 0. The highest BCUT2D eigenvalue weighted by molar-refractivity contribution is 6.21. The summed E-state index contributed by atoms with van der Waals surface area (Å²) in [5.74, 6) is -0.793. The average molecular weight is 238 g/mol. The van der Waals surface area contributed by atoms with Crippen LogP contribution in [0, 0.1) is 11.3 Å². The summed E-state index contributed by atoms with van der Waals surface area (Å²) in [6.45, 7) is 0.331. The van der Waals surface area contributed by atoms with Crippen LogP contribution in [0.15, 0.2) is 30.3 Å². The van der Waals surface area contributed by atoms with E-state index in [9.17, 15) is 4.79 Å². The molecule has 1 rings (SSSR count). The predicted molar refractivity (Wildman–Crippen MR) is 61.5 cm³/mol. The number of carbonyl (C=O) groups is 1. The minimum Gasteiger partial charge on any atom is -0.349 e. The molecule has 0 aliphatic rings. The number of alkyl halides is 1. The van der Waals surface area contributed by atoms with E-state index in [4.69, 9.17) is 22.6 Å². The number of hydrogen-bond donors (Lipinski definition) is 2. The molecule has 0 aromatic heterocycles. The van der Waals surface area contributed by atoms with Crippen molar-refractivity contribution in [2.75, 3.05) is 5.88 Å². The van der Waals surface area contributed by atoms with Gasteiger partial charge in [0.05, 0.1) is 11.9 Å². The topological polar surface area (TPSA) is 78.9 Å². The van der Waals surface area contributed by atoms with Crippen LogP contribution in [0.4, 0.5) is 0 Å². The molecule has 3 N–H and O–H groups in total. The van der Waals surface area contributed by atoms with Gasteiger partial charge in [0.1, 0.15) is 0 Å². The predicted octanol–water partition coefficient (Wildman–Crippen LogP) is 0.763. The lowest BCUT2D eigenvalue weighted by Crippen LogP contribution is -2.54. The molecule has 0 aliphatic carbocycles. The molecule has 0 radical (unpaired) electrons. The van der Waals surface area contributed by atoms with Crippen LogP contribution in [0.1, 0.15) is 5.56 Å². The number of halogens is 1. The van der Waals surface area contributed by atoms with Crippen molar-refractivity contribution in [2.24, 2.45) is 5.73 Å². The third-order valence-electron chi connectivity index (χ3n) is 2.11. The Kier molecular flexibility index (Phi) is 4.29. The van der Waals surface area contributed by atoms with Gasteiger partial charge in [-0.25, -0.2) is 0 Å². The van der Waals surface area contributed by atoms with Crippen LogP contribution in [0.5, 0.6) is 0 Å². The second-order valence-corrected chi connectivity index (χ2v) is 3.65. The number of rotatable bonds is 4. The van der Waals surface area contributed by atoms with E-state index in [1.165, 1.54) is 0 Å². The van der Waals surface area contributed by atoms with Crippen LogP contribution < -0.4 is 11.1 Å². The zero-order valence-corrected chi connectivity index (χ0v) is 9.37. The van der Waals surface area contributed by atoms with Crippen LogP contribution in [0.2, 0.25) is 0 Å². The zero-order chi connectivity index (χ0) is 12.0. The fourth-order valence-electron chi connectivity index (χ4n) is 1.08. The summed E-state index contributed by atoms with van der Waals surface area (Å²) in [5, 5.41) is 11.3. The highest BCUT2D eigenvalue weighted by atomic mass is 35.5. The number of amides is 1. The number of nitrogens with two attached hydrogens (primary N) is 1. The minimum absolute atomic E-state index is 0.232. The molecule has 0 spiro atoms. The van der Waals surface area contributed by atoms with E-state index >= 15 is 0 Å². The van der Waals surface area contributed by atoms with Crippen molar-refractivity contribution in [2.45, 2.75) is 12.1 Å². The minimum atomic E-state index is -1.66. The molecule has 4 nitrogen and oxygen atoms in total.